The molecule has 1 unspecified atom stereocenters. The maximum Gasteiger partial charge on any atom is 0.305 e. The Labute approximate surface area is 264 Å². The molecule has 0 aliphatic heterocycles. The molecule has 4 nitrogen and oxygen atoms in total. The summed E-state index contributed by atoms with van der Waals surface area (Å²) in [6.07, 6.45) is 39.0. The highest BCUT2D eigenvalue weighted by molar-refractivity contribution is 5.69. The largest absolute Gasteiger partial charge is 0.466 e. The van der Waals surface area contributed by atoms with Crippen LogP contribution in [0.15, 0.2) is 0 Å². The highest BCUT2D eigenvalue weighted by atomic mass is 16.5. The van der Waals surface area contributed by atoms with Gasteiger partial charge in [-0.2, -0.15) is 0 Å². The molecule has 0 aromatic heterocycles. The minimum absolute atomic E-state index is 0.00390. The van der Waals surface area contributed by atoms with Gasteiger partial charge in [0.05, 0.1) is 12.7 Å². The minimum atomic E-state index is -0.0781. The standard InChI is InChI=1S/C36H72O3.C2H6O/c1-3-5-7-9-10-11-12-13-14-15-16-17-20-23-26-30-34-39-36(38)33-29-25-22-19-18-21-24-28-32-35(37)31-27-8-6-4-2;1-2-3/h35,37H,3-34H2,1-2H3;3H,2H2,1H3. The summed E-state index contributed by atoms with van der Waals surface area (Å²) in [7, 11) is 0. The maximum absolute atomic E-state index is 11.9. The van der Waals surface area contributed by atoms with Crippen molar-refractivity contribution < 1.29 is 19.7 Å². The summed E-state index contributed by atoms with van der Waals surface area (Å²) in [5.74, 6) is 0.00390. The summed E-state index contributed by atoms with van der Waals surface area (Å²) < 4.78 is 5.43. The molecule has 0 radical (unpaired) electrons. The number of hydrogen-bond donors (Lipinski definition) is 2. The van der Waals surface area contributed by atoms with Gasteiger partial charge in [0.25, 0.3) is 0 Å². The summed E-state index contributed by atoms with van der Waals surface area (Å²) >= 11 is 0. The molecule has 0 rings (SSSR count). The van der Waals surface area contributed by atoms with Gasteiger partial charge in [0.2, 0.25) is 0 Å². The van der Waals surface area contributed by atoms with Gasteiger partial charge in [-0.15, -0.1) is 0 Å². The van der Waals surface area contributed by atoms with Crippen LogP contribution in [0.1, 0.15) is 220 Å². The van der Waals surface area contributed by atoms with Crippen molar-refractivity contribution in [3.63, 3.8) is 0 Å². The lowest BCUT2D eigenvalue weighted by atomic mass is 10.0. The molecule has 4 heteroatoms. The van der Waals surface area contributed by atoms with Gasteiger partial charge in [-0.3, -0.25) is 4.79 Å². The number of esters is 1. The van der Waals surface area contributed by atoms with Crippen LogP contribution in [0.2, 0.25) is 0 Å². The third kappa shape index (κ3) is 41.5. The lowest BCUT2D eigenvalue weighted by Crippen LogP contribution is -2.06. The molecule has 0 fully saturated rings. The predicted molar refractivity (Wildman–Crippen MR) is 184 cm³/mol. The fourth-order valence-electron chi connectivity index (χ4n) is 5.57. The molecule has 2 N–H and O–H groups in total. The highest BCUT2D eigenvalue weighted by Gasteiger charge is 2.04. The van der Waals surface area contributed by atoms with Gasteiger partial charge < -0.3 is 14.9 Å². The van der Waals surface area contributed by atoms with E-state index in [9.17, 15) is 9.90 Å². The van der Waals surface area contributed by atoms with Crippen LogP contribution in [0.4, 0.5) is 0 Å². The van der Waals surface area contributed by atoms with Crippen molar-refractivity contribution in [2.75, 3.05) is 13.2 Å². The molecule has 0 aromatic carbocycles. The van der Waals surface area contributed by atoms with Crippen molar-refractivity contribution in [1.29, 1.82) is 0 Å². The quantitative estimate of drug-likeness (QED) is 0.0582. The number of hydrogen-bond acceptors (Lipinski definition) is 4. The summed E-state index contributed by atoms with van der Waals surface area (Å²) in [4.78, 5) is 11.9. The van der Waals surface area contributed by atoms with Crippen molar-refractivity contribution >= 4 is 5.97 Å². The summed E-state index contributed by atoms with van der Waals surface area (Å²) in [5.41, 5.74) is 0. The second-order valence-corrected chi connectivity index (χ2v) is 12.7. The first-order chi connectivity index (χ1) is 20.6. The first-order valence-corrected chi connectivity index (χ1v) is 19.1. The van der Waals surface area contributed by atoms with E-state index in [2.05, 4.69) is 13.8 Å². The first-order valence-electron chi connectivity index (χ1n) is 19.1. The van der Waals surface area contributed by atoms with E-state index in [1.54, 1.807) is 6.92 Å². The van der Waals surface area contributed by atoms with Crippen molar-refractivity contribution in [3.05, 3.63) is 0 Å². The normalized spacial score (nSPS) is 11.7. The number of ether oxygens (including phenoxy) is 1. The predicted octanol–water partition coefficient (Wildman–Crippen LogP) is 12.0. The SMILES string of the molecule is CCCCCCCCCCCCCCCCCCOC(=O)CCCCCCCCCCC(O)CCCCCC.CCO. The van der Waals surface area contributed by atoms with Crippen LogP contribution >= 0.6 is 0 Å². The zero-order valence-electron chi connectivity index (χ0n) is 29.1. The van der Waals surface area contributed by atoms with Crippen LogP contribution in [0.5, 0.6) is 0 Å². The molecular formula is C38H78O4. The number of aliphatic hydroxyl groups is 2. The molecule has 1 atom stereocenters. The highest BCUT2D eigenvalue weighted by Crippen LogP contribution is 2.16. The maximum atomic E-state index is 11.9. The molecule has 0 saturated heterocycles. The number of unbranched alkanes of at least 4 members (excludes halogenated alkanes) is 25. The van der Waals surface area contributed by atoms with E-state index >= 15 is 0 Å². The van der Waals surface area contributed by atoms with E-state index in [4.69, 9.17) is 9.84 Å². The molecule has 0 spiro atoms. The molecule has 0 heterocycles. The zero-order chi connectivity index (χ0) is 31.2. The Morgan fingerprint density at radius 3 is 1.14 bits per heavy atom. The van der Waals surface area contributed by atoms with Crippen LogP contribution in [0.3, 0.4) is 0 Å². The molecular weight excluding hydrogens is 520 g/mol. The first kappa shape index (κ1) is 43.5. The molecule has 0 aliphatic rings. The van der Waals surface area contributed by atoms with Gasteiger partial charge in [0, 0.05) is 13.0 Å². The number of rotatable bonds is 33. The van der Waals surface area contributed by atoms with Gasteiger partial charge in [-0.25, -0.2) is 0 Å². The second kappa shape index (κ2) is 40.4. The van der Waals surface area contributed by atoms with Gasteiger partial charge >= 0.3 is 5.97 Å². The molecule has 254 valence electrons. The average Bonchev–Trinajstić information content (AvgIpc) is 2.98. The Balaban J connectivity index is 0. The van der Waals surface area contributed by atoms with Crippen LogP contribution in [-0.4, -0.2) is 35.5 Å². The van der Waals surface area contributed by atoms with E-state index in [0.717, 1.165) is 32.1 Å². The van der Waals surface area contributed by atoms with Crippen LogP contribution < -0.4 is 0 Å². The lowest BCUT2D eigenvalue weighted by molar-refractivity contribution is -0.143. The van der Waals surface area contributed by atoms with E-state index in [1.807, 2.05) is 0 Å². The van der Waals surface area contributed by atoms with Crippen molar-refractivity contribution in [1.82, 2.24) is 0 Å². The monoisotopic (exact) mass is 599 g/mol. The molecule has 42 heavy (non-hydrogen) atoms. The molecule has 0 saturated carbocycles. The molecule has 0 amide bonds. The smallest absolute Gasteiger partial charge is 0.305 e. The summed E-state index contributed by atoms with van der Waals surface area (Å²) in [5, 5.41) is 17.6. The average molecular weight is 599 g/mol. The summed E-state index contributed by atoms with van der Waals surface area (Å²) in [6, 6.07) is 0. The van der Waals surface area contributed by atoms with E-state index in [1.165, 1.54) is 161 Å². The number of carbonyl (C=O) groups is 1. The van der Waals surface area contributed by atoms with Crippen molar-refractivity contribution in [2.24, 2.45) is 0 Å². The van der Waals surface area contributed by atoms with Crippen LogP contribution in [-0.2, 0) is 9.53 Å². The second-order valence-electron chi connectivity index (χ2n) is 12.7. The Morgan fingerprint density at radius 2 is 0.762 bits per heavy atom. The zero-order valence-corrected chi connectivity index (χ0v) is 29.1. The minimum Gasteiger partial charge on any atom is -0.466 e. The fourth-order valence-corrected chi connectivity index (χ4v) is 5.57. The van der Waals surface area contributed by atoms with Gasteiger partial charge in [0.15, 0.2) is 0 Å². The molecule has 0 aromatic rings. The lowest BCUT2D eigenvalue weighted by Gasteiger charge is -2.10. The van der Waals surface area contributed by atoms with Gasteiger partial charge in [0.1, 0.15) is 0 Å². The molecule has 0 bridgehead atoms. The number of aliphatic hydroxyl groups excluding tert-OH is 2. The van der Waals surface area contributed by atoms with E-state index < -0.39 is 0 Å². The third-order valence-electron chi connectivity index (χ3n) is 8.32. The van der Waals surface area contributed by atoms with Crippen LogP contribution in [0, 0.1) is 0 Å². The Morgan fingerprint density at radius 1 is 0.476 bits per heavy atom. The van der Waals surface area contributed by atoms with Crippen molar-refractivity contribution in [2.45, 2.75) is 226 Å². The fraction of sp³-hybridized carbons (Fsp3) is 0.974. The van der Waals surface area contributed by atoms with Crippen molar-refractivity contribution in [3.8, 4) is 0 Å². The molecule has 0 aliphatic carbocycles. The Hall–Kier alpha value is -0.610. The number of carbonyl (C=O) groups excluding carboxylic acids is 1. The summed E-state index contributed by atoms with van der Waals surface area (Å²) in [6.45, 7) is 7.06. The Kier molecular flexibility index (Phi) is 41.9. The topological polar surface area (TPSA) is 66.8 Å². The van der Waals surface area contributed by atoms with Crippen LogP contribution in [0.25, 0.3) is 0 Å². The van der Waals surface area contributed by atoms with Gasteiger partial charge in [-0.1, -0.05) is 181 Å². The van der Waals surface area contributed by atoms with E-state index in [-0.39, 0.29) is 18.7 Å². The van der Waals surface area contributed by atoms with Gasteiger partial charge in [-0.05, 0) is 32.6 Å². The van der Waals surface area contributed by atoms with E-state index in [0.29, 0.717) is 13.0 Å². The third-order valence-corrected chi connectivity index (χ3v) is 8.32. The Bertz CT molecular complexity index is 482.